The number of hydrogen-bond acceptors (Lipinski definition) is 6. The predicted molar refractivity (Wildman–Crippen MR) is 85.1 cm³/mol. The lowest BCUT2D eigenvalue weighted by atomic mass is 9.51. The fourth-order valence-corrected chi connectivity index (χ4v) is 8.11. The largest absolute Gasteiger partial charge is 0.458 e. The molecule has 0 bridgehead atoms. The van der Waals surface area contributed by atoms with Crippen molar-refractivity contribution in [3.8, 4) is 0 Å². The molecule has 5 heterocycles. The number of ether oxygens (including phenoxy) is 5. The molecule has 6 nitrogen and oxygen atoms in total. The molecular weight excluding hydrogens is 336 g/mol. The third-order valence-corrected chi connectivity index (χ3v) is 9.13. The van der Waals surface area contributed by atoms with Gasteiger partial charge in [0.2, 0.25) is 0 Å². The zero-order chi connectivity index (χ0) is 17.3. The molecule has 6 heteroatoms. The SMILES string of the molecule is CC(C)[C@]12O[C@H]1[C@@H]1O[C@@]13[C@H]1CCC4=C(COC4=O)[C@@H]1C[C@@H]1O[C@@]13[C@]21CO1. The quantitative estimate of drug-likeness (QED) is 0.516. The van der Waals surface area contributed by atoms with Gasteiger partial charge in [-0.15, -0.1) is 0 Å². The van der Waals surface area contributed by atoms with Crippen LogP contribution < -0.4 is 0 Å². The Hall–Kier alpha value is -0.950. The number of carbonyl (C=O) groups is 1. The van der Waals surface area contributed by atoms with Crippen LogP contribution >= 0.6 is 0 Å². The number of rotatable bonds is 1. The number of carbonyl (C=O) groups excluding carboxylic acids is 1. The lowest BCUT2D eigenvalue weighted by molar-refractivity contribution is -0.136. The average molecular weight is 358 g/mol. The molecule has 0 amide bonds. The summed E-state index contributed by atoms with van der Waals surface area (Å²) in [6.07, 6.45) is 3.16. The standard InChI is InChI=1S/C20H22O6/c1-8(2)18-14(25-18)15-19(26-15)12-4-3-9-11(6-22-16(9)21)10(12)5-13-20(19,24-13)17(18)7-23-17/h8,10,12-15H,3-7H2,1-2H3/t10-,12-,13-,14-,15-,17-,18-,19-,20+/m0/s1. The molecule has 26 heavy (non-hydrogen) atoms. The van der Waals surface area contributed by atoms with Gasteiger partial charge in [0, 0.05) is 11.5 Å². The van der Waals surface area contributed by atoms with Gasteiger partial charge in [-0.2, -0.15) is 0 Å². The molecule has 3 aliphatic carbocycles. The first-order chi connectivity index (χ1) is 12.5. The van der Waals surface area contributed by atoms with Crippen molar-refractivity contribution in [2.75, 3.05) is 13.2 Å². The molecule has 138 valence electrons. The summed E-state index contributed by atoms with van der Waals surface area (Å²) < 4.78 is 31.1. The van der Waals surface area contributed by atoms with Crippen LogP contribution in [0.4, 0.5) is 0 Å². The van der Waals surface area contributed by atoms with Gasteiger partial charge in [-0.25, -0.2) is 4.79 Å². The maximum atomic E-state index is 12.1. The molecule has 5 aliphatic heterocycles. The third kappa shape index (κ3) is 1.04. The number of epoxide rings is 4. The minimum absolute atomic E-state index is 0.104. The van der Waals surface area contributed by atoms with E-state index in [-0.39, 0.29) is 46.7 Å². The molecule has 0 N–H and O–H groups in total. The highest BCUT2D eigenvalue weighted by Gasteiger charge is 3.05. The van der Waals surface area contributed by atoms with Gasteiger partial charge >= 0.3 is 5.97 Å². The summed E-state index contributed by atoms with van der Waals surface area (Å²) in [5.74, 6) is 1.01. The van der Waals surface area contributed by atoms with E-state index in [4.69, 9.17) is 23.7 Å². The Morgan fingerprint density at radius 1 is 1.15 bits per heavy atom. The smallest absolute Gasteiger partial charge is 0.334 e. The topological polar surface area (TPSA) is 76.4 Å². The first-order valence-electron chi connectivity index (χ1n) is 10.1. The van der Waals surface area contributed by atoms with Crippen LogP contribution in [-0.2, 0) is 28.5 Å². The van der Waals surface area contributed by atoms with Crippen LogP contribution in [0.25, 0.3) is 0 Å². The second-order valence-electron chi connectivity index (χ2n) is 9.84. The van der Waals surface area contributed by atoms with E-state index in [0.717, 1.165) is 31.4 Å². The van der Waals surface area contributed by atoms with Crippen LogP contribution in [0.3, 0.4) is 0 Å². The van der Waals surface area contributed by atoms with E-state index in [1.807, 2.05) is 0 Å². The minimum Gasteiger partial charge on any atom is -0.458 e. The monoisotopic (exact) mass is 358 g/mol. The normalized spacial score (nSPS) is 64.7. The molecule has 6 fully saturated rings. The Kier molecular flexibility index (Phi) is 1.92. The van der Waals surface area contributed by atoms with Crippen LogP contribution in [0, 0.1) is 17.8 Å². The Balaban J connectivity index is 1.29. The molecule has 0 aromatic heterocycles. The summed E-state index contributed by atoms with van der Waals surface area (Å²) in [6.45, 7) is 5.66. The van der Waals surface area contributed by atoms with E-state index >= 15 is 0 Å². The molecule has 0 aromatic rings. The second-order valence-corrected chi connectivity index (χ2v) is 9.84. The van der Waals surface area contributed by atoms with Gasteiger partial charge in [0.25, 0.3) is 0 Å². The van der Waals surface area contributed by atoms with Crippen LogP contribution in [-0.4, -0.2) is 59.9 Å². The van der Waals surface area contributed by atoms with Crippen molar-refractivity contribution in [1.82, 2.24) is 0 Å². The van der Waals surface area contributed by atoms with Crippen LogP contribution in [0.2, 0.25) is 0 Å². The van der Waals surface area contributed by atoms with E-state index < -0.39 is 0 Å². The highest BCUT2D eigenvalue weighted by Crippen LogP contribution is 2.85. The number of hydrogen-bond donors (Lipinski definition) is 0. The third-order valence-electron chi connectivity index (χ3n) is 9.13. The van der Waals surface area contributed by atoms with Gasteiger partial charge in [0.05, 0.1) is 12.7 Å². The molecule has 4 saturated heterocycles. The first kappa shape index (κ1) is 14.1. The summed E-state index contributed by atoms with van der Waals surface area (Å²) in [5, 5.41) is 0. The first-order valence-corrected chi connectivity index (χ1v) is 10.1. The van der Waals surface area contributed by atoms with Gasteiger partial charge in [0.1, 0.15) is 30.0 Å². The summed E-state index contributed by atoms with van der Waals surface area (Å²) >= 11 is 0. The fourth-order valence-electron chi connectivity index (χ4n) is 8.11. The number of esters is 1. The van der Waals surface area contributed by atoms with Gasteiger partial charge in [-0.3, -0.25) is 0 Å². The lowest BCUT2D eigenvalue weighted by Gasteiger charge is -2.47. The highest BCUT2D eigenvalue weighted by atomic mass is 16.8. The summed E-state index contributed by atoms with van der Waals surface area (Å²) in [6, 6.07) is 0. The zero-order valence-electron chi connectivity index (χ0n) is 14.9. The molecule has 3 spiro atoms. The number of fused-ring (bicyclic) bond motifs is 5. The molecule has 8 aliphatic rings. The van der Waals surface area contributed by atoms with E-state index in [2.05, 4.69) is 13.8 Å². The molecule has 0 radical (unpaired) electrons. The van der Waals surface area contributed by atoms with E-state index in [0.29, 0.717) is 24.4 Å². The molecule has 2 saturated carbocycles. The predicted octanol–water partition coefficient (Wildman–Crippen LogP) is 1.12. The van der Waals surface area contributed by atoms with Crippen molar-refractivity contribution in [3.05, 3.63) is 11.1 Å². The van der Waals surface area contributed by atoms with Crippen molar-refractivity contribution < 1.29 is 28.5 Å². The van der Waals surface area contributed by atoms with Gasteiger partial charge in [-0.05, 0) is 36.7 Å². The van der Waals surface area contributed by atoms with E-state index in [9.17, 15) is 4.79 Å². The molecule has 0 unspecified atom stereocenters. The molecule has 9 atom stereocenters. The van der Waals surface area contributed by atoms with Crippen LogP contribution in [0.5, 0.6) is 0 Å². The van der Waals surface area contributed by atoms with Crippen molar-refractivity contribution in [2.45, 2.75) is 73.8 Å². The zero-order valence-corrected chi connectivity index (χ0v) is 14.9. The van der Waals surface area contributed by atoms with Crippen molar-refractivity contribution in [2.24, 2.45) is 17.8 Å². The Bertz CT molecular complexity index is 843. The summed E-state index contributed by atoms with van der Waals surface area (Å²) in [5.41, 5.74) is 0.997. The average Bonchev–Trinajstić information content (AvgIpc) is 3.43. The van der Waals surface area contributed by atoms with E-state index in [1.54, 1.807) is 0 Å². The molecular formula is C20H22O6. The van der Waals surface area contributed by atoms with Gasteiger partial charge in [0.15, 0.2) is 11.2 Å². The Labute approximate surface area is 151 Å². The lowest BCUT2D eigenvalue weighted by Crippen LogP contribution is -2.68. The van der Waals surface area contributed by atoms with Crippen molar-refractivity contribution in [3.63, 3.8) is 0 Å². The summed E-state index contributed by atoms with van der Waals surface area (Å²) in [4.78, 5) is 12.1. The van der Waals surface area contributed by atoms with Crippen LogP contribution in [0.1, 0.15) is 33.1 Å². The Morgan fingerprint density at radius 3 is 2.77 bits per heavy atom. The van der Waals surface area contributed by atoms with Crippen LogP contribution in [0.15, 0.2) is 11.1 Å². The maximum absolute atomic E-state index is 12.1. The summed E-state index contributed by atoms with van der Waals surface area (Å²) in [7, 11) is 0. The number of cyclic esters (lactones) is 1. The van der Waals surface area contributed by atoms with Crippen molar-refractivity contribution in [1.29, 1.82) is 0 Å². The molecule has 8 rings (SSSR count). The Morgan fingerprint density at radius 2 is 2.00 bits per heavy atom. The molecule has 0 aromatic carbocycles. The van der Waals surface area contributed by atoms with Gasteiger partial charge in [-0.1, -0.05) is 13.8 Å². The van der Waals surface area contributed by atoms with Gasteiger partial charge < -0.3 is 23.7 Å². The van der Waals surface area contributed by atoms with E-state index in [1.165, 1.54) is 5.57 Å². The fraction of sp³-hybridized carbons (Fsp3) is 0.850. The highest BCUT2D eigenvalue weighted by molar-refractivity contribution is 5.92. The second kappa shape index (κ2) is 3.54. The minimum atomic E-state index is -0.329. The maximum Gasteiger partial charge on any atom is 0.334 e. The van der Waals surface area contributed by atoms with Crippen molar-refractivity contribution >= 4 is 5.97 Å².